The Balaban J connectivity index is 1.54. The largest absolute Gasteiger partial charge is 0.300 e. The number of benzene rings is 2. The van der Waals surface area contributed by atoms with E-state index in [4.69, 9.17) is 11.6 Å². The molecule has 0 spiro atoms. The zero-order valence-corrected chi connectivity index (χ0v) is 15.3. The summed E-state index contributed by atoms with van der Waals surface area (Å²) in [7, 11) is -3.47. The van der Waals surface area contributed by atoms with Crippen LogP contribution in [0, 0.1) is 5.82 Å². The average Bonchev–Trinajstić information content (AvgIpc) is 2.62. The molecular weight excluding hydrogens is 363 g/mol. The molecule has 1 aliphatic rings. The molecule has 0 aliphatic carbocycles. The van der Waals surface area contributed by atoms with Crippen LogP contribution in [0.25, 0.3) is 0 Å². The molecule has 0 N–H and O–H groups in total. The van der Waals surface area contributed by atoms with Crippen LogP contribution in [-0.2, 0) is 16.4 Å². The Labute approximate surface area is 152 Å². The fourth-order valence-electron chi connectivity index (χ4n) is 2.89. The first-order valence-corrected chi connectivity index (χ1v) is 9.99. The Morgan fingerprint density at radius 3 is 2.12 bits per heavy atom. The SMILES string of the molecule is O=S(=O)(c1ccc(Cl)cc1)N1CCN(CCc2ccc(F)cc2)CC1. The zero-order chi connectivity index (χ0) is 17.9. The van der Waals surface area contributed by atoms with Crippen LogP contribution in [0.4, 0.5) is 4.39 Å². The van der Waals surface area contributed by atoms with Crippen molar-refractivity contribution in [2.75, 3.05) is 32.7 Å². The van der Waals surface area contributed by atoms with Crippen LogP contribution in [0.2, 0.25) is 5.02 Å². The van der Waals surface area contributed by atoms with Crippen LogP contribution in [-0.4, -0.2) is 50.3 Å². The Hall–Kier alpha value is -1.47. The Bertz CT molecular complexity index is 802. The first-order valence-electron chi connectivity index (χ1n) is 8.18. The molecule has 0 atom stereocenters. The predicted molar refractivity (Wildman–Crippen MR) is 96.8 cm³/mol. The van der Waals surface area contributed by atoms with Crippen LogP contribution in [0.15, 0.2) is 53.4 Å². The molecule has 1 aliphatic heterocycles. The molecule has 0 amide bonds. The molecule has 1 fully saturated rings. The number of nitrogens with zero attached hydrogens (tertiary/aromatic N) is 2. The van der Waals surface area contributed by atoms with Gasteiger partial charge in [-0.25, -0.2) is 12.8 Å². The lowest BCUT2D eigenvalue weighted by Gasteiger charge is -2.34. The average molecular weight is 383 g/mol. The van der Waals surface area contributed by atoms with Crippen molar-refractivity contribution in [3.05, 3.63) is 64.9 Å². The Kier molecular flexibility index (Phi) is 5.74. The predicted octanol–water partition coefficient (Wildman–Crippen LogP) is 3.03. The van der Waals surface area contributed by atoms with E-state index in [9.17, 15) is 12.8 Å². The van der Waals surface area contributed by atoms with E-state index in [2.05, 4.69) is 4.90 Å². The first kappa shape index (κ1) is 18.3. The van der Waals surface area contributed by atoms with Crippen molar-refractivity contribution in [2.24, 2.45) is 0 Å². The van der Waals surface area contributed by atoms with E-state index in [0.29, 0.717) is 31.2 Å². The van der Waals surface area contributed by atoms with E-state index in [1.807, 2.05) is 0 Å². The quantitative estimate of drug-likeness (QED) is 0.798. The number of rotatable bonds is 5. The number of sulfonamides is 1. The van der Waals surface area contributed by atoms with Crippen LogP contribution in [0.5, 0.6) is 0 Å². The van der Waals surface area contributed by atoms with Crippen molar-refractivity contribution in [3.63, 3.8) is 0 Å². The minimum absolute atomic E-state index is 0.232. The van der Waals surface area contributed by atoms with E-state index in [1.165, 1.54) is 16.4 Å². The summed E-state index contributed by atoms with van der Waals surface area (Å²) in [5, 5.41) is 0.518. The van der Waals surface area contributed by atoms with Crippen molar-refractivity contribution in [2.45, 2.75) is 11.3 Å². The lowest BCUT2D eigenvalue weighted by molar-refractivity contribution is 0.190. The van der Waals surface area contributed by atoms with E-state index in [-0.39, 0.29) is 10.7 Å². The molecule has 0 aromatic heterocycles. The van der Waals surface area contributed by atoms with Crippen LogP contribution < -0.4 is 0 Å². The first-order chi connectivity index (χ1) is 11.9. The summed E-state index contributed by atoms with van der Waals surface area (Å²) in [6, 6.07) is 12.8. The highest BCUT2D eigenvalue weighted by atomic mass is 35.5. The molecule has 2 aromatic rings. The van der Waals surface area contributed by atoms with Crippen LogP contribution >= 0.6 is 11.6 Å². The normalized spacial score (nSPS) is 16.9. The standard InChI is InChI=1S/C18H20ClFN2O2S/c19-16-3-7-18(8-4-16)25(23,24)22-13-11-21(12-14-22)10-9-15-1-5-17(20)6-2-15/h1-8H,9-14H2. The van der Waals surface area contributed by atoms with Crippen molar-refractivity contribution < 1.29 is 12.8 Å². The van der Waals surface area contributed by atoms with Gasteiger partial charge in [-0.1, -0.05) is 23.7 Å². The fourth-order valence-corrected chi connectivity index (χ4v) is 4.44. The zero-order valence-electron chi connectivity index (χ0n) is 13.7. The lowest BCUT2D eigenvalue weighted by atomic mass is 10.1. The lowest BCUT2D eigenvalue weighted by Crippen LogP contribution is -2.48. The summed E-state index contributed by atoms with van der Waals surface area (Å²) in [6.07, 6.45) is 0.824. The number of halogens is 2. The summed E-state index contributed by atoms with van der Waals surface area (Å²) >= 11 is 5.82. The molecule has 4 nitrogen and oxygen atoms in total. The molecular formula is C18H20ClFN2O2S. The molecule has 0 radical (unpaired) electrons. The van der Waals surface area contributed by atoms with Crippen molar-refractivity contribution in [1.29, 1.82) is 0 Å². The van der Waals surface area contributed by atoms with Crippen LogP contribution in [0.3, 0.4) is 0 Å². The highest BCUT2D eigenvalue weighted by Crippen LogP contribution is 2.20. The Morgan fingerprint density at radius 2 is 1.52 bits per heavy atom. The van der Waals surface area contributed by atoms with Gasteiger partial charge in [0.15, 0.2) is 0 Å². The third-order valence-corrected chi connectivity index (χ3v) is 6.58. The van der Waals surface area contributed by atoms with Gasteiger partial charge in [0.1, 0.15) is 5.82 Å². The third-order valence-electron chi connectivity index (χ3n) is 4.41. The monoisotopic (exact) mass is 382 g/mol. The van der Waals surface area contributed by atoms with Gasteiger partial charge in [0.05, 0.1) is 4.90 Å². The maximum absolute atomic E-state index is 12.9. The van der Waals surface area contributed by atoms with Gasteiger partial charge in [-0.15, -0.1) is 0 Å². The molecule has 3 rings (SSSR count). The van der Waals surface area contributed by atoms with Gasteiger partial charge in [0.25, 0.3) is 0 Å². The maximum atomic E-state index is 12.9. The summed E-state index contributed by atoms with van der Waals surface area (Å²) in [4.78, 5) is 2.51. The van der Waals surface area contributed by atoms with E-state index in [0.717, 1.165) is 18.5 Å². The third kappa shape index (κ3) is 4.58. The molecule has 0 saturated carbocycles. The molecule has 25 heavy (non-hydrogen) atoms. The van der Waals surface area contributed by atoms with Gasteiger partial charge in [-0.2, -0.15) is 4.31 Å². The molecule has 7 heteroatoms. The second-order valence-electron chi connectivity index (χ2n) is 6.08. The summed E-state index contributed by atoms with van der Waals surface area (Å²) in [6.45, 7) is 3.14. The highest BCUT2D eigenvalue weighted by Gasteiger charge is 2.28. The molecule has 2 aromatic carbocycles. The maximum Gasteiger partial charge on any atom is 0.243 e. The van der Waals surface area contributed by atoms with Gasteiger partial charge in [0.2, 0.25) is 10.0 Å². The molecule has 0 unspecified atom stereocenters. The smallest absolute Gasteiger partial charge is 0.243 e. The number of hydrogen-bond acceptors (Lipinski definition) is 3. The molecule has 1 heterocycles. The fraction of sp³-hybridized carbons (Fsp3) is 0.333. The van der Waals surface area contributed by atoms with Crippen molar-refractivity contribution >= 4 is 21.6 Å². The van der Waals surface area contributed by atoms with Crippen molar-refractivity contribution in [1.82, 2.24) is 9.21 Å². The Morgan fingerprint density at radius 1 is 0.920 bits per heavy atom. The minimum atomic E-state index is -3.47. The summed E-state index contributed by atoms with van der Waals surface area (Å²) in [5.74, 6) is -0.232. The van der Waals surface area contributed by atoms with Gasteiger partial charge in [-0.3, -0.25) is 0 Å². The van der Waals surface area contributed by atoms with Gasteiger partial charge < -0.3 is 4.90 Å². The van der Waals surface area contributed by atoms with Crippen molar-refractivity contribution in [3.8, 4) is 0 Å². The molecule has 0 bridgehead atoms. The summed E-state index contributed by atoms with van der Waals surface area (Å²) < 4.78 is 39.7. The van der Waals surface area contributed by atoms with E-state index in [1.54, 1.807) is 36.4 Å². The van der Waals surface area contributed by atoms with Gasteiger partial charge >= 0.3 is 0 Å². The topological polar surface area (TPSA) is 40.6 Å². The second-order valence-corrected chi connectivity index (χ2v) is 8.45. The van der Waals surface area contributed by atoms with E-state index < -0.39 is 10.0 Å². The second kappa shape index (κ2) is 7.83. The van der Waals surface area contributed by atoms with E-state index >= 15 is 0 Å². The van der Waals surface area contributed by atoms with Gasteiger partial charge in [0, 0.05) is 37.7 Å². The number of piperazine rings is 1. The summed E-state index contributed by atoms with van der Waals surface area (Å²) in [5.41, 5.74) is 1.08. The molecule has 1 saturated heterocycles. The highest BCUT2D eigenvalue weighted by molar-refractivity contribution is 7.89. The number of hydrogen-bond donors (Lipinski definition) is 0. The van der Waals surface area contributed by atoms with Gasteiger partial charge in [-0.05, 0) is 48.4 Å². The minimum Gasteiger partial charge on any atom is -0.300 e. The van der Waals surface area contributed by atoms with Crippen LogP contribution in [0.1, 0.15) is 5.56 Å². The molecule has 134 valence electrons.